The Kier molecular flexibility index (Phi) is 8.74. The van der Waals surface area contributed by atoms with Gasteiger partial charge >= 0.3 is 0 Å². The van der Waals surface area contributed by atoms with Crippen LogP contribution in [0.15, 0.2) is 64.2 Å². The molecule has 1 N–H and O–H groups in total. The molecule has 0 aliphatic rings. The molecule has 0 fully saturated rings. The second-order valence-electron chi connectivity index (χ2n) is 7.21. The standard InChI is InChI=1S/C25H24BrClN2O4/c1-16-11-22(24(26)17(2)25(16)27)33-15-23(30)29-28-13-19-9-10-20(21(12-19)31-3)32-14-18-7-5-4-6-8-18/h4-13H,14-15H2,1-3H3,(H,29,30)/b28-13+. The Morgan fingerprint density at radius 3 is 2.55 bits per heavy atom. The summed E-state index contributed by atoms with van der Waals surface area (Å²) in [6.07, 6.45) is 1.52. The zero-order chi connectivity index (χ0) is 23.8. The number of halogens is 2. The molecule has 0 atom stereocenters. The summed E-state index contributed by atoms with van der Waals surface area (Å²) in [5.74, 6) is 1.35. The van der Waals surface area contributed by atoms with E-state index in [4.69, 9.17) is 25.8 Å². The van der Waals surface area contributed by atoms with Gasteiger partial charge in [0.15, 0.2) is 18.1 Å². The van der Waals surface area contributed by atoms with Crippen molar-refractivity contribution < 1.29 is 19.0 Å². The van der Waals surface area contributed by atoms with Crippen molar-refractivity contribution in [2.75, 3.05) is 13.7 Å². The SMILES string of the molecule is COc1cc(/C=N/NC(=O)COc2cc(C)c(Cl)c(C)c2Br)ccc1OCc1ccccc1. The number of carbonyl (C=O) groups is 1. The molecule has 0 spiro atoms. The lowest BCUT2D eigenvalue weighted by Crippen LogP contribution is -2.24. The molecule has 0 radical (unpaired) electrons. The summed E-state index contributed by atoms with van der Waals surface area (Å²) in [6.45, 7) is 4.00. The largest absolute Gasteiger partial charge is 0.493 e. The molecular weight excluding hydrogens is 508 g/mol. The monoisotopic (exact) mass is 530 g/mol. The van der Waals surface area contributed by atoms with Gasteiger partial charge in [-0.2, -0.15) is 5.10 Å². The Balaban J connectivity index is 1.54. The molecule has 172 valence electrons. The van der Waals surface area contributed by atoms with Crippen molar-refractivity contribution in [3.8, 4) is 17.2 Å². The third-order valence-corrected chi connectivity index (χ3v) is 6.32. The van der Waals surface area contributed by atoms with Crippen LogP contribution in [0, 0.1) is 13.8 Å². The number of rotatable bonds is 9. The summed E-state index contributed by atoms with van der Waals surface area (Å²) in [5, 5.41) is 4.65. The topological polar surface area (TPSA) is 69.2 Å². The summed E-state index contributed by atoms with van der Waals surface area (Å²) in [5.41, 5.74) is 5.98. The molecule has 0 aliphatic carbocycles. The lowest BCUT2D eigenvalue weighted by atomic mass is 10.1. The number of ether oxygens (including phenoxy) is 3. The number of hydrogen-bond acceptors (Lipinski definition) is 5. The van der Waals surface area contributed by atoms with E-state index in [9.17, 15) is 4.79 Å². The van der Waals surface area contributed by atoms with Crippen molar-refractivity contribution >= 4 is 39.7 Å². The molecule has 8 heteroatoms. The van der Waals surface area contributed by atoms with Crippen LogP contribution in [0.3, 0.4) is 0 Å². The Morgan fingerprint density at radius 1 is 1.06 bits per heavy atom. The number of benzene rings is 3. The van der Waals surface area contributed by atoms with Crippen LogP contribution in [0.4, 0.5) is 0 Å². The first kappa shape index (κ1) is 24.6. The van der Waals surface area contributed by atoms with Crippen LogP contribution in [0.2, 0.25) is 5.02 Å². The number of hydrogen-bond donors (Lipinski definition) is 1. The van der Waals surface area contributed by atoms with Gasteiger partial charge in [-0.1, -0.05) is 41.9 Å². The highest BCUT2D eigenvalue weighted by atomic mass is 79.9. The zero-order valence-corrected chi connectivity index (χ0v) is 20.9. The summed E-state index contributed by atoms with van der Waals surface area (Å²) < 4.78 is 17.6. The highest BCUT2D eigenvalue weighted by molar-refractivity contribution is 9.10. The van der Waals surface area contributed by atoms with Crippen molar-refractivity contribution in [1.29, 1.82) is 0 Å². The minimum atomic E-state index is -0.391. The van der Waals surface area contributed by atoms with Crippen molar-refractivity contribution in [1.82, 2.24) is 5.43 Å². The minimum Gasteiger partial charge on any atom is -0.493 e. The lowest BCUT2D eigenvalue weighted by Gasteiger charge is -2.12. The van der Waals surface area contributed by atoms with E-state index in [0.29, 0.717) is 28.9 Å². The third-order valence-electron chi connectivity index (χ3n) is 4.76. The minimum absolute atomic E-state index is 0.188. The van der Waals surface area contributed by atoms with E-state index in [1.807, 2.05) is 50.2 Å². The van der Waals surface area contributed by atoms with Crippen molar-refractivity contribution in [2.45, 2.75) is 20.5 Å². The average Bonchev–Trinajstić information content (AvgIpc) is 2.83. The number of carbonyl (C=O) groups excluding carboxylic acids is 1. The molecular formula is C25H24BrClN2O4. The molecule has 0 bridgehead atoms. The van der Waals surface area contributed by atoms with Gasteiger partial charge in [-0.15, -0.1) is 0 Å². The first-order chi connectivity index (χ1) is 15.9. The van der Waals surface area contributed by atoms with Crippen LogP contribution in [-0.4, -0.2) is 25.8 Å². The molecule has 0 aromatic heterocycles. The van der Waals surface area contributed by atoms with E-state index in [1.165, 1.54) is 6.21 Å². The molecule has 1 amide bonds. The van der Waals surface area contributed by atoms with E-state index in [2.05, 4.69) is 26.5 Å². The zero-order valence-electron chi connectivity index (χ0n) is 18.5. The lowest BCUT2D eigenvalue weighted by molar-refractivity contribution is -0.123. The van der Waals surface area contributed by atoms with Crippen molar-refractivity contribution in [3.05, 3.63) is 86.3 Å². The summed E-state index contributed by atoms with van der Waals surface area (Å²) >= 11 is 9.67. The molecule has 0 aliphatic heterocycles. The molecule has 0 saturated carbocycles. The van der Waals surface area contributed by atoms with Crippen molar-refractivity contribution in [3.63, 3.8) is 0 Å². The van der Waals surface area contributed by atoms with Crippen LogP contribution in [0.1, 0.15) is 22.3 Å². The number of amides is 1. The maximum Gasteiger partial charge on any atom is 0.277 e. The highest BCUT2D eigenvalue weighted by Gasteiger charge is 2.12. The number of hydrazone groups is 1. The summed E-state index contributed by atoms with van der Waals surface area (Å²) in [4.78, 5) is 12.1. The van der Waals surface area contributed by atoms with Crippen LogP contribution in [0.5, 0.6) is 17.2 Å². The average molecular weight is 532 g/mol. The van der Waals surface area contributed by atoms with Gasteiger partial charge in [0.25, 0.3) is 5.91 Å². The summed E-state index contributed by atoms with van der Waals surface area (Å²) in [6, 6.07) is 17.1. The Hall–Kier alpha value is -3.03. The van der Waals surface area contributed by atoms with Gasteiger partial charge in [0.05, 0.1) is 17.8 Å². The molecule has 33 heavy (non-hydrogen) atoms. The fourth-order valence-corrected chi connectivity index (χ4v) is 3.67. The fourth-order valence-electron chi connectivity index (χ4n) is 2.98. The van der Waals surface area contributed by atoms with Gasteiger partial charge in [-0.05, 0) is 76.3 Å². The van der Waals surface area contributed by atoms with Gasteiger partial charge in [-0.3, -0.25) is 4.79 Å². The second-order valence-corrected chi connectivity index (χ2v) is 8.38. The number of nitrogens with zero attached hydrogens (tertiary/aromatic N) is 1. The first-order valence-electron chi connectivity index (χ1n) is 10.1. The highest BCUT2D eigenvalue weighted by Crippen LogP contribution is 2.35. The van der Waals surface area contributed by atoms with Gasteiger partial charge in [0.1, 0.15) is 12.4 Å². The quantitative estimate of drug-likeness (QED) is 0.278. The molecule has 3 aromatic carbocycles. The smallest absolute Gasteiger partial charge is 0.277 e. The predicted molar refractivity (Wildman–Crippen MR) is 134 cm³/mol. The van der Waals surface area contributed by atoms with Gasteiger partial charge < -0.3 is 14.2 Å². The molecule has 3 aromatic rings. The fraction of sp³-hybridized carbons (Fsp3) is 0.200. The van der Waals surface area contributed by atoms with E-state index < -0.39 is 5.91 Å². The van der Waals surface area contributed by atoms with Gasteiger partial charge in [0.2, 0.25) is 0 Å². The number of aryl methyl sites for hydroxylation is 1. The van der Waals surface area contributed by atoms with E-state index in [1.54, 1.807) is 25.3 Å². The van der Waals surface area contributed by atoms with Gasteiger partial charge in [0, 0.05) is 5.02 Å². The van der Waals surface area contributed by atoms with Crippen LogP contribution in [0.25, 0.3) is 0 Å². The Labute approximate surface area is 206 Å². The molecule has 6 nitrogen and oxygen atoms in total. The van der Waals surface area contributed by atoms with E-state index in [-0.39, 0.29) is 6.61 Å². The summed E-state index contributed by atoms with van der Waals surface area (Å²) in [7, 11) is 1.57. The molecule has 0 saturated heterocycles. The molecule has 0 unspecified atom stereocenters. The van der Waals surface area contributed by atoms with E-state index >= 15 is 0 Å². The maximum absolute atomic E-state index is 12.1. The first-order valence-corrected chi connectivity index (χ1v) is 11.3. The Bertz CT molecular complexity index is 1150. The van der Waals surface area contributed by atoms with Crippen LogP contribution >= 0.6 is 27.5 Å². The van der Waals surface area contributed by atoms with Crippen LogP contribution in [-0.2, 0) is 11.4 Å². The normalized spacial score (nSPS) is 10.8. The number of nitrogens with one attached hydrogen (secondary N) is 1. The van der Waals surface area contributed by atoms with Crippen LogP contribution < -0.4 is 19.6 Å². The number of methoxy groups -OCH3 is 1. The van der Waals surface area contributed by atoms with Crippen molar-refractivity contribution in [2.24, 2.45) is 5.10 Å². The third kappa shape index (κ3) is 6.73. The van der Waals surface area contributed by atoms with E-state index in [0.717, 1.165) is 26.7 Å². The second kappa shape index (κ2) is 11.7. The maximum atomic E-state index is 12.1. The van der Waals surface area contributed by atoms with Gasteiger partial charge in [-0.25, -0.2) is 5.43 Å². The molecule has 0 heterocycles. The molecule has 3 rings (SSSR count). The Morgan fingerprint density at radius 2 is 1.82 bits per heavy atom. The predicted octanol–water partition coefficient (Wildman–Crippen LogP) is 5.84.